The van der Waals surface area contributed by atoms with E-state index in [1.165, 1.54) is 23.1 Å². The summed E-state index contributed by atoms with van der Waals surface area (Å²) < 4.78 is 5.00. The van der Waals surface area contributed by atoms with Crippen LogP contribution in [-0.4, -0.2) is 18.6 Å². The zero-order valence-corrected chi connectivity index (χ0v) is 17.4. The third-order valence-corrected chi connectivity index (χ3v) is 5.81. The van der Waals surface area contributed by atoms with E-state index in [9.17, 15) is 4.79 Å². The molecule has 1 fully saturated rings. The van der Waals surface area contributed by atoms with E-state index in [2.05, 4.69) is 48.6 Å². The minimum atomic E-state index is -0.129. The first kappa shape index (κ1) is 21.1. The summed E-state index contributed by atoms with van der Waals surface area (Å²) in [6, 6.07) is 19.5. The van der Waals surface area contributed by atoms with Crippen LogP contribution in [0.5, 0.6) is 0 Å². The van der Waals surface area contributed by atoms with Crippen LogP contribution in [0.1, 0.15) is 73.7 Å². The Kier molecular flexibility index (Phi) is 7.43. The molecule has 0 bridgehead atoms. The van der Waals surface area contributed by atoms with E-state index < -0.39 is 0 Å². The third kappa shape index (κ3) is 5.92. The van der Waals surface area contributed by atoms with Crippen LogP contribution in [-0.2, 0) is 16.0 Å². The van der Waals surface area contributed by atoms with Gasteiger partial charge in [0, 0.05) is 18.5 Å². The van der Waals surface area contributed by atoms with E-state index in [-0.39, 0.29) is 12.0 Å². The molecule has 1 saturated carbocycles. The first-order valence-corrected chi connectivity index (χ1v) is 10.6. The van der Waals surface area contributed by atoms with E-state index in [4.69, 9.17) is 10.00 Å². The highest BCUT2D eigenvalue weighted by Crippen LogP contribution is 2.35. The molecule has 0 heterocycles. The molecule has 4 nitrogen and oxygen atoms in total. The Labute approximate surface area is 173 Å². The second-order valence-electron chi connectivity index (χ2n) is 7.88. The van der Waals surface area contributed by atoms with Crippen LogP contribution >= 0.6 is 0 Å². The molecule has 1 aliphatic rings. The lowest BCUT2D eigenvalue weighted by atomic mass is 9.95. The zero-order chi connectivity index (χ0) is 20.6. The van der Waals surface area contributed by atoms with E-state index in [0.717, 1.165) is 19.3 Å². The van der Waals surface area contributed by atoms with Crippen LogP contribution in [0, 0.1) is 11.3 Å². The number of nitrogens with zero attached hydrogens (tertiary/aromatic N) is 1. The summed E-state index contributed by atoms with van der Waals surface area (Å²) in [7, 11) is 0. The van der Waals surface area contributed by atoms with Crippen LogP contribution in [0.4, 0.5) is 0 Å². The SMILES string of the molecule is CCOC(=O)CCc1ccc(C2CCC(NC(C)c3cccc(C#N)c3)C2)cc1. The summed E-state index contributed by atoms with van der Waals surface area (Å²) in [6.07, 6.45) is 4.65. The smallest absolute Gasteiger partial charge is 0.306 e. The Morgan fingerprint density at radius 1 is 1.24 bits per heavy atom. The number of carbonyl (C=O) groups excluding carboxylic acids is 1. The molecule has 29 heavy (non-hydrogen) atoms. The topological polar surface area (TPSA) is 62.1 Å². The molecule has 3 rings (SSSR count). The monoisotopic (exact) mass is 390 g/mol. The van der Waals surface area contributed by atoms with Gasteiger partial charge in [-0.25, -0.2) is 0 Å². The number of nitrogens with one attached hydrogen (secondary N) is 1. The summed E-state index contributed by atoms with van der Waals surface area (Å²) >= 11 is 0. The van der Waals surface area contributed by atoms with Gasteiger partial charge in [0.05, 0.1) is 18.2 Å². The minimum Gasteiger partial charge on any atom is -0.466 e. The maximum absolute atomic E-state index is 11.5. The number of hydrogen-bond donors (Lipinski definition) is 1. The average molecular weight is 391 g/mol. The van der Waals surface area contributed by atoms with Gasteiger partial charge in [-0.3, -0.25) is 4.79 Å². The fourth-order valence-corrected chi connectivity index (χ4v) is 4.20. The highest BCUT2D eigenvalue weighted by molar-refractivity contribution is 5.69. The van der Waals surface area contributed by atoms with Crippen molar-refractivity contribution in [2.45, 2.75) is 64.0 Å². The van der Waals surface area contributed by atoms with Gasteiger partial charge in [-0.15, -0.1) is 0 Å². The van der Waals surface area contributed by atoms with Gasteiger partial charge in [0.25, 0.3) is 0 Å². The van der Waals surface area contributed by atoms with Crippen molar-refractivity contribution in [3.63, 3.8) is 0 Å². The summed E-state index contributed by atoms with van der Waals surface area (Å²) in [5, 5.41) is 12.8. The minimum absolute atomic E-state index is 0.129. The molecule has 3 unspecified atom stereocenters. The molecular formula is C25H30N2O2. The Hall–Kier alpha value is -2.64. The molecule has 0 amide bonds. The number of hydrogen-bond acceptors (Lipinski definition) is 4. The number of ether oxygens (including phenoxy) is 1. The van der Waals surface area contributed by atoms with E-state index in [1.54, 1.807) is 0 Å². The van der Waals surface area contributed by atoms with Gasteiger partial charge in [-0.2, -0.15) is 5.26 Å². The van der Waals surface area contributed by atoms with Gasteiger partial charge in [0.1, 0.15) is 0 Å². The van der Waals surface area contributed by atoms with Crippen LogP contribution < -0.4 is 5.32 Å². The van der Waals surface area contributed by atoms with Crippen molar-refractivity contribution in [2.24, 2.45) is 0 Å². The molecule has 0 aromatic heterocycles. The fourth-order valence-electron chi connectivity index (χ4n) is 4.20. The highest BCUT2D eigenvalue weighted by atomic mass is 16.5. The normalized spacial score (nSPS) is 19.5. The number of rotatable bonds is 8. The lowest BCUT2D eigenvalue weighted by Crippen LogP contribution is -2.29. The van der Waals surface area contributed by atoms with Crippen LogP contribution in [0.3, 0.4) is 0 Å². The van der Waals surface area contributed by atoms with Gasteiger partial charge in [0.2, 0.25) is 0 Å². The van der Waals surface area contributed by atoms with Crippen LogP contribution in [0.25, 0.3) is 0 Å². The second-order valence-corrected chi connectivity index (χ2v) is 7.88. The Balaban J connectivity index is 1.51. The molecule has 0 spiro atoms. The van der Waals surface area contributed by atoms with Crippen molar-refractivity contribution >= 4 is 5.97 Å². The molecule has 152 valence electrons. The molecule has 3 atom stereocenters. The molecule has 0 saturated heterocycles. The Morgan fingerprint density at radius 3 is 2.76 bits per heavy atom. The quantitative estimate of drug-likeness (QED) is 0.641. The molecule has 1 N–H and O–H groups in total. The van der Waals surface area contributed by atoms with Crippen molar-refractivity contribution in [3.05, 3.63) is 70.8 Å². The molecule has 1 aliphatic carbocycles. The molecule has 2 aromatic carbocycles. The predicted molar refractivity (Wildman–Crippen MR) is 114 cm³/mol. The van der Waals surface area contributed by atoms with Gasteiger partial charge >= 0.3 is 5.97 Å². The predicted octanol–water partition coefficient (Wildman–Crippen LogP) is 5.04. The van der Waals surface area contributed by atoms with Gasteiger partial charge in [-0.1, -0.05) is 36.4 Å². The van der Waals surface area contributed by atoms with Crippen molar-refractivity contribution < 1.29 is 9.53 Å². The lowest BCUT2D eigenvalue weighted by molar-refractivity contribution is -0.143. The average Bonchev–Trinajstić information content (AvgIpc) is 3.21. The Bertz CT molecular complexity index is 854. The molecular weight excluding hydrogens is 360 g/mol. The third-order valence-electron chi connectivity index (χ3n) is 5.81. The summed E-state index contributed by atoms with van der Waals surface area (Å²) in [4.78, 5) is 11.5. The van der Waals surface area contributed by atoms with Crippen molar-refractivity contribution in [2.75, 3.05) is 6.61 Å². The number of aryl methyl sites for hydroxylation is 1. The molecule has 4 heteroatoms. The molecule has 2 aromatic rings. The number of benzene rings is 2. The van der Waals surface area contributed by atoms with Crippen molar-refractivity contribution in [1.82, 2.24) is 5.32 Å². The maximum Gasteiger partial charge on any atom is 0.306 e. The lowest BCUT2D eigenvalue weighted by Gasteiger charge is -2.20. The highest BCUT2D eigenvalue weighted by Gasteiger charge is 2.27. The standard InChI is InChI=1S/C25H30N2O2/c1-3-29-25(28)14-9-19-7-10-21(11-8-19)23-12-13-24(16-23)27-18(2)22-6-4-5-20(15-22)17-26/h4-8,10-11,15,18,23-24,27H,3,9,12-14,16H2,1-2H3. The number of carbonyl (C=O) groups is 1. The van der Waals surface area contributed by atoms with Gasteiger partial charge < -0.3 is 10.1 Å². The van der Waals surface area contributed by atoms with Crippen molar-refractivity contribution in [3.8, 4) is 6.07 Å². The first-order chi connectivity index (χ1) is 14.1. The van der Waals surface area contributed by atoms with Crippen LogP contribution in [0.15, 0.2) is 48.5 Å². The second kappa shape index (κ2) is 10.2. The molecule has 0 radical (unpaired) electrons. The summed E-state index contributed by atoms with van der Waals surface area (Å²) in [6.45, 7) is 4.44. The van der Waals surface area contributed by atoms with E-state index in [0.29, 0.717) is 30.6 Å². The summed E-state index contributed by atoms with van der Waals surface area (Å²) in [5.41, 5.74) is 4.44. The largest absolute Gasteiger partial charge is 0.466 e. The van der Waals surface area contributed by atoms with Gasteiger partial charge in [-0.05, 0) is 74.3 Å². The first-order valence-electron chi connectivity index (χ1n) is 10.6. The zero-order valence-electron chi connectivity index (χ0n) is 17.4. The Morgan fingerprint density at radius 2 is 2.03 bits per heavy atom. The number of nitriles is 1. The van der Waals surface area contributed by atoms with Crippen molar-refractivity contribution in [1.29, 1.82) is 5.26 Å². The summed E-state index contributed by atoms with van der Waals surface area (Å²) in [5.74, 6) is 0.444. The fraction of sp³-hybridized carbons (Fsp3) is 0.440. The van der Waals surface area contributed by atoms with Gasteiger partial charge in [0.15, 0.2) is 0 Å². The molecule has 0 aliphatic heterocycles. The number of esters is 1. The van der Waals surface area contributed by atoms with E-state index in [1.807, 2.05) is 25.1 Å². The maximum atomic E-state index is 11.5. The van der Waals surface area contributed by atoms with E-state index >= 15 is 0 Å². The van der Waals surface area contributed by atoms with Crippen LogP contribution in [0.2, 0.25) is 0 Å².